The SMILES string of the molecule is CC(C)S(=O)(=O)CCN1CCCC1(C)C(=O)O. The van der Waals surface area contributed by atoms with Gasteiger partial charge in [0.1, 0.15) is 5.54 Å². The first-order chi connectivity index (χ1) is 7.70. The lowest BCUT2D eigenvalue weighted by Crippen LogP contribution is -2.49. The van der Waals surface area contributed by atoms with Gasteiger partial charge in [-0.05, 0) is 40.2 Å². The van der Waals surface area contributed by atoms with Gasteiger partial charge >= 0.3 is 5.97 Å². The number of aliphatic carboxylic acids is 1. The third kappa shape index (κ3) is 2.98. The third-order valence-electron chi connectivity index (χ3n) is 3.61. The van der Waals surface area contributed by atoms with Crippen molar-refractivity contribution in [2.45, 2.75) is 44.4 Å². The summed E-state index contributed by atoms with van der Waals surface area (Å²) in [5.74, 6) is -0.829. The zero-order valence-corrected chi connectivity index (χ0v) is 11.5. The quantitative estimate of drug-likeness (QED) is 0.792. The van der Waals surface area contributed by atoms with Crippen LogP contribution in [0.2, 0.25) is 0 Å². The maximum Gasteiger partial charge on any atom is 0.323 e. The van der Waals surface area contributed by atoms with Crippen LogP contribution in [0.5, 0.6) is 0 Å². The van der Waals surface area contributed by atoms with Crippen LogP contribution in [0, 0.1) is 0 Å². The molecule has 0 aromatic carbocycles. The lowest BCUT2D eigenvalue weighted by atomic mass is 9.99. The molecule has 1 rings (SSSR count). The summed E-state index contributed by atoms with van der Waals surface area (Å²) in [6, 6.07) is 0. The van der Waals surface area contributed by atoms with E-state index in [1.165, 1.54) is 0 Å². The lowest BCUT2D eigenvalue weighted by molar-refractivity contribution is -0.148. The summed E-state index contributed by atoms with van der Waals surface area (Å²) in [6.07, 6.45) is 1.40. The van der Waals surface area contributed by atoms with Crippen LogP contribution in [0.15, 0.2) is 0 Å². The second kappa shape index (κ2) is 4.94. The lowest BCUT2D eigenvalue weighted by Gasteiger charge is -2.31. The smallest absolute Gasteiger partial charge is 0.323 e. The minimum atomic E-state index is -3.10. The van der Waals surface area contributed by atoms with E-state index in [4.69, 9.17) is 0 Å². The molecule has 1 aliphatic heterocycles. The maximum absolute atomic E-state index is 11.7. The predicted molar refractivity (Wildman–Crippen MR) is 65.8 cm³/mol. The van der Waals surface area contributed by atoms with Gasteiger partial charge in [0, 0.05) is 6.54 Å². The zero-order valence-electron chi connectivity index (χ0n) is 10.6. The Morgan fingerprint density at radius 3 is 2.53 bits per heavy atom. The van der Waals surface area contributed by atoms with E-state index in [1.807, 2.05) is 0 Å². The van der Waals surface area contributed by atoms with Gasteiger partial charge in [0.25, 0.3) is 0 Å². The zero-order chi connectivity index (χ0) is 13.3. The Bertz CT molecular complexity index is 390. The summed E-state index contributed by atoms with van der Waals surface area (Å²) < 4.78 is 23.4. The Morgan fingerprint density at radius 2 is 2.06 bits per heavy atom. The summed E-state index contributed by atoms with van der Waals surface area (Å²) in [6.45, 7) is 5.94. The van der Waals surface area contributed by atoms with Crippen LogP contribution in [-0.4, -0.2) is 54.0 Å². The van der Waals surface area contributed by atoms with Crippen LogP contribution in [0.1, 0.15) is 33.6 Å². The molecule has 17 heavy (non-hydrogen) atoms. The summed E-state index contributed by atoms with van der Waals surface area (Å²) in [4.78, 5) is 13.0. The van der Waals surface area contributed by atoms with Crippen LogP contribution in [0.4, 0.5) is 0 Å². The topological polar surface area (TPSA) is 74.7 Å². The standard InChI is InChI=1S/C11H21NO4S/c1-9(2)17(15,16)8-7-12-6-4-5-11(12,3)10(13)14/h9H,4-8H2,1-3H3,(H,13,14). The fourth-order valence-electron chi connectivity index (χ4n) is 2.09. The highest BCUT2D eigenvalue weighted by Crippen LogP contribution is 2.28. The first kappa shape index (κ1) is 14.4. The number of rotatable bonds is 5. The van der Waals surface area contributed by atoms with Gasteiger partial charge in [0.05, 0.1) is 11.0 Å². The number of nitrogens with zero attached hydrogens (tertiary/aromatic N) is 1. The van der Waals surface area contributed by atoms with E-state index in [9.17, 15) is 18.3 Å². The fraction of sp³-hybridized carbons (Fsp3) is 0.909. The van der Waals surface area contributed by atoms with Gasteiger partial charge in [0.2, 0.25) is 0 Å². The molecule has 0 bridgehead atoms. The van der Waals surface area contributed by atoms with Crippen LogP contribution >= 0.6 is 0 Å². The molecular formula is C11H21NO4S. The van der Waals surface area contributed by atoms with Crippen LogP contribution in [0.3, 0.4) is 0 Å². The second-order valence-electron chi connectivity index (χ2n) is 5.09. The summed E-state index contributed by atoms with van der Waals surface area (Å²) in [5, 5.41) is 8.79. The minimum Gasteiger partial charge on any atom is -0.480 e. The average molecular weight is 263 g/mol. The normalized spacial score (nSPS) is 26.6. The van der Waals surface area contributed by atoms with Crippen molar-refractivity contribution in [2.24, 2.45) is 0 Å². The van der Waals surface area contributed by atoms with Crippen molar-refractivity contribution < 1.29 is 18.3 Å². The highest BCUT2D eigenvalue weighted by Gasteiger charge is 2.43. The molecule has 1 fully saturated rings. The molecule has 0 radical (unpaired) electrons. The van der Waals surface area contributed by atoms with Gasteiger partial charge in [-0.3, -0.25) is 9.69 Å². The van der Waals surface area contributed by atoms with Gasteiger partial charge in [-0.2, -0.15) is 0 Å². The van der Waals surface area contributed by atoms with E-state index < -0.39 is 26.6 Å². The van der Waals surface area contributed by atoms with Crippen molar-refractivity contribution in [2.75, 3.05) is 18.8 Å². The van der Waals surface area contributed by atoms with E-state index in [-0.39, 0.29) is 5.75 Å². The van der Waals surface area contributed by atoms with E-state index in [0.29, 0.717) is 19.5 Å². The number of likely N-dealkylation sites (tertiary alicyclic amines) is 1. The van der Waals surface area contributed by atoms with Crippen molar-refractivity contribution in [1.29, 1.82) is 0 Å². The molecule has 1 unspecified atom stereocenters. The maximum atomic E-state index is 11.7. The van der Waals surface area contributed by atoms with Crippen LogP contribution in [0.25, 0.3) is 0 Å². The molecule has 0 aliphatic carbocycles. The Labute approximate surface area is 103 Å². The minimum absolute atomic E-state index is 0.0353. The molecule has 100 valence electrons. The van der Waals surface area contributed by atoms with Gasteiger partial charge in [-0.15, -0.1) is 0 Å². The number of carboxylic acids is 1. The molecule has 0 amide bonds. The molecular weight excluding hydrogens is 242 g/mol. The molecule has 1 heterocycles. The molecule has 1 N–H and O–H groups in total. The van der Waals surface area contributed by atoms with Crippen LogP contribution in [-0.2, 0) is 14.6 Å². The third-order valence-corrected chi connectivity index (χ3v) is 5.80. The number of sulfone groups is 1. The van der Waals surface area contributed by atoms with E-state index in [0.717, 1.165) is 6.42 Å². The van der Waals surface area contributed by atoms with E-state index in [2.05, 4.69) is 0 Å². The van der Waals surface area contributed by atoms with Crippen molar-refractivity contribution in [3.05, 3.63) is 0 Å². The predicted octanol–water partition coefficient (Wildman–Crippen LogP) is 0.749. The molecule has 1 saturated heterocycles. The highest BCUT2D eigenvalue weighted by atomic mass is 32.2. The molecule has 0 aromatic rings. The number of hydrogen-bond donors (Lipinski definition) is 1. The Kier molecular flexibility index (Phi) is 4.19. The van der Waals surface area contributed by atoms with Gasteiger partial charge < -0.3 is 5.11 Å². The molecule has 0 spiro atoms. The number of carbonyl (C=O) groups is 1. The Balaban J connectivity index is 2.67. The van der Waals surface area contributed by atoms with Crippen molar-refractivity contribution in [1.82, 2.24) is 4.90 Å². The van der Waals surface area contributed by atoms with Crippen molar-refractivity contribution in [3.8, 4) is 0 Å². The molecule has 1 atom stereocenters. The second-order valence-corrected chi connectivity index (χ2v) is 7.76. The highest BCUT2D eigenvalue weighted by molar-refractivity contribution is 7.92. The summed E-state index contributed by atoms with van der Waals surface area (Å²) in [7, 11) is -3.10. The molecule has 6 heteroatoms. The van der Waals surface area contributed by atoms with Gasteiger partial charge in [0.15, 0.2) is 9.84 Å². The number of carboxylic acid groups (broad SMARTS) is 1. The fourth-order valence-corrected chi connectivity index (χ4v) is 3.04. The first-order valence-electron chi connectivity index (χ1n) is 5.90. The molecule has 5 nitrogen and oxygen atoms in total. The molecule has 0 aromatic heterocycles. The molecule has 0 saturated carbocycles. The van der Waals surface area contributed by atoms with Gasteiger partial charge in [-0.25, -0.2) is 8.42 Å². The van der Waals surface area contributed by atoms with E-state index in [1.54, 1.807) is 25.7 Å². The largest absolute Gasteiger partial charge is 0.480 e. The van der Waals surface area contributed by atoms with E-state index >= 15 is 0 Å². The Hall–Kier alpha value is -0.620. The Morgan fingerprint density at radius 1 is 1.47 bits per heavy atom. The summed E-state index contributed by atoms with van der Waals surface area (Å²) in [5.41, 5.74) is -0.896. The van der Waals surface area contributed by atoms with Crippen LogP contribution < -0.4 is 0 Å². The van der Waals surface area contributed by atoms with Gasteiger partial charge in [-0.1, -0.05) is 0 Å². The van der Waals surface area contributed by atoms with Crippen molar-refractivity contribution >= 4 is 15.8 Å². The first-order valence-corrected chi connectivity index (χ1v) is 7.62. The average Bonchev–Trinajstić information content (AvgIpc) is 2.58. The molecule has 1 aliphatic rings. The van der Waals surface area contributed by atoms with Crippen molar-refractivity contribution in [3.63, 3.8) is 0 Å². The summed E-state index contributed by atoms with van der Waals surface area (Å²) >= 11 is 0. The monoisotopic (exact) mass is 263 g/mol. The number of hydrogen-bond acceptors (Lipinski definition) is 4.